The van der Waals surface area contributed by atoms with E-state index in [4.69, 9.17) is 10.8 Å². The number of fused-ring (bicyclic) bond motifs is 1. The normalized spacial score (nSPS) is 10.3. The molecule has 0 saturated carbocycles. The minimum atomic E-state index is 0.265. The number of rotatable bonds is 0. The Morgan fingerprint density at radius 1 is 1.17 bits per heavy atom. The van der Waals surface area contributed by atoms with Crippen molar-refractivity contribution >= 4 is 16.7 Å². The lowest BCUT2D eigenvalue weighted by Crippen LogP contribution is -2.09. The SMILES string of the molecule is Nc1ccc2cc(O)ccc2[nH+]1. The third kappa shape index (κ3) is 1.05. The van der Waals surface area contributed by atoms with Crippen molar-refractivity contribution in [2.24, 2.45) is 0 Å². The number of H-pyrrole nitrogens is 1. The maximum absolute atomic E-state index is 9.15. The van der Waals surface area contributed by atoms with Gasteiger partial charge in [-0.15, -0.1) is 0 Å². The van der Waals surface area contributed by atoms with Gasteiger partial charge in [0.15, 0.2) is 0 Å². The van der Waals surface area contributed by atoms with Crippen molar-refractivity contribution in [3.05, 3.63) is 30.3 Å². The van der Waals surface area contributed by atoms with Crippen LogP contribution in [-0.4, -0.2) is 5.11 Å². The predicted molar refractivity (Wildman–Crippen MR) is 46.6 cm³/mol. The van der Waals surface area contributed by atoms with Gasteiger partial charge in [-0.2, -0.15) is 0 Å². The van der Waals surface area contributed by atoms with Gasteiger partial charge < -0.3 is 5.11 Å². The zero-order valence-corrected chi connectivity index (χ0v) is 6.41. The van der Waals surface area contributed by atoms with Crippen LogP contribution in [0.15, 0.2) is 30.3 Å². The molecule has 12 heavy (non-hydrogen) atoms. The highest BCUT2D eigenvalue weighted by Gasteiger charge is 1.99. The smallest absolute Gasteiger partial charge is 0.270 e. The van der Waals surface area contributed by atoms with Crippen LogP contribution in [-0.2, 0) is 0 Å². The number of hydrogen-bond acceptors (Lipinski definition) is 2. The molecular weight excluding hydrogens is 152 g/mol. The molecule has 0 amide bonds. The van der Waals surface area contributed by atoms with E-state index in [9.17, 15) is 0 Å². The first-order valence-electron chi connectivity index (χ1n) is 3.66. The van der Waals surface area contributed by atoms with Crippen molar-refractivity contribution in [2.75, 3.05) is 5.73 Å². The summed E-state index contributed by atoms with van der Waals surface area (Å²) in [5, 5.41) is 10.1. The van der Waals surface area contributed by atoms with Crippen molar-refractivity contribution in [1.29, 1.82) is 0 Å². The van der Waals surface area contributed by atoms with Crippen LogP contribution in [0.4, 0.5) is 5.82 Å². The molecule has 0 saturated heterocycles. The standard InChI is InChI=1S/C9H8N2O/c10-9-4-1-6-5-7(12)2-3-8(6)11-9/h1-5,12H,(H2,10,11)/p+1. The highest BCUT2D eigenvalue weighted by molar-refractivity contribution is 5.77. The summed E-state index contributed by atoms with van der Waals surface area (Å²) in [6, 6.07) is 8.73. The number of nitrogen functional groups attached to an aromatic ring is 1. The Balaban J connectivity index is 2.79. The Bertz CT molecular complexity index is 385. The van der Waals surface area contributed by atoms with Gasteiger partial charge in [0.2, 0.25) is 0 Å². The van der Waals surface area contributed by atoms with Crippen molar-refractivity contribution in [3.8, 4) is 5.75 Å². The van der Waals surface area contributed by atoms with Crippen LogP contribution in [0.1, 0.15) is 0 Å². The van der Waals surface area contributed by atoms with Crippen molar-refractivity contribution in [3.63, 3.8) is 0 Å². The van der Waals surface area contributed by atoms with Crippen molar-refractivity contribution in [1.82, 2.24) is 0 Å². The van der Waals surface area contributed by atoms with E-state index in [0.29, 0.717) is 5.82 Å². The minimum absolute atomic E-state index is 0.265. The summed E-state index contributed by atoms with van der Waals surface area (Å²) >= 11 is 0. The van der Waals surface area contributed by atoms with Gasteiger partial charge in [-0.25, -0.2) is 4.98 Å². The van der Waals surface area contributed by atoms with Gasteiger partial charge >= 0.3 is 0 Å². The number of pyridine rings is 1. The Kier molecular flexibility index (Phi) is 1.37. The topological polar surface area (TPSA) is 60.4 Å². The Labute approximate surface area is 69.5 Å². The van der Waals surface area contributed by atoms with Gasteiger partial charge in [-0.1, -0.05) is 0 Å². The molecule has 60 valence electrons. The first-order chi connectivity index (χ1) is 5.75. The highest BCUT2D eigenvalue weighted by Crippen LogP contribution is 2.16. The molecule has 3 heteroatoms. The Morgan fingerprint density at radius 3 is 2.83 bits per heavy atom. The minimum Gasteiger partial charge on any atom is -0.508 e. The number of nitrogens with two attached hydrogens (primary N) is 1. The van der Waals surface area contributed by atoms with Gasteiger partial charge in [-0.05, 0) is 24.3 Å². The molecule has 0 bridgehead atoms. The zero-order chi connectivity index (χ0) is 8.55. The average molecular weight is 161 g/mol. The molecule has 1 heterocycles. The number of aromatic hydroxyl groups is 1. The second-order valence-electron chi connectivity index (χ2n) is 2.69. The fourth-order valence-corrected chi connectivity index (χ4v) is 1.18. The summed E-state index contributed by atoms with van der Waals surface area (Å²) in [7, 11) is 0. The molecule has 2 aromatic rings. The van der Waals surface area contributed by atoms with E-state index < -0.39 is 0 Å². The van der Waals surface area contributed by atoms with Crippen LogP contribution >= 0.6 is 0 Å². The lowest BCUT2D eigenvalue weighted by Gasteiger charge is -1.95. The molecule has 0 atom stereocenters. The van der Waals surface area contributed by atoms with Crippen LogP contribution in [0.3, 0.4) is 0 Å². The van der Waals surface area contributed by atoms with E-state index in [1.54, 1.807) is 24.3 Å². The van der Waals surface area contributed by atoms with Crippen LogP contribution in [0.5, 0.6) is 5.75 Å². The van der Waals surface area contributed by atoms with E-state index in [-0.39, 0.29) is 5.75 Å². The molecule has 1 aromatic heterocycles. The number of hydrogen-bond donors (Lipinski definition) is 2. The van der Waals surface area contributed by atoms with Gasteiger partial charge in [0.05, 0.1) is 0 Å². The van der Waals surface area contributed by atoms with Gasteiger partial charge in [0.1, 0.15) is 11.3 Å². The number of aromatic amines is 1. The molecule has 2 rings (SSSR count). The Hall–Kier alpha value is -1.77. The molecule has 0 aliphatic rings. The predicted octanol–water partition coefficient (Wildman–Crippen LogP) is 0.942. The van der Waals surface area contributed by atoms with E-state index >= 15 is 0 Å². The second-order valence-corrected chi connectivity index (χ2v) is 2.69. The lowest BCUT2D eigenvalue weighted by atomic mass is 10.2. The summed E-state index contributed by atoms with van der Waals surface area (Å²) in [5.41, 5.74) is 6.47. The monoisotopic (exact) mass is 161 g/mol. The molecule has 0 unspecified atom stereocenters. The summed E-state index contributed by atoms with van der Waals surface area (Å²) in [6.07, 6.45) is 0. The molecule has 3 nitrogen and oxygen atoms in total. The van der Waals surface area contributed by atoms with Crippen LogP contribution < -0.4 is 10.7 Å². The van der Waals surface area contributed by atoms with Gasteiger partial charge in [-0.3, -0.25) is 5.73 Å². The molecule has 0 radical (unpaired) electrons. The van der Waals surface area contributed by atoms with E-state index in [1.165, 1.54) is 0 Å². The number of phenolic OH excluding ortho intramolecular Hbond substituents is 1. The molecule has 0 fully saturated rings. The fourth-order valence-electron chi connectivity index (χ4n) is 1.18. The molecule has 0 aliphatic heterocycles. The third-order valence-electron chi connectivity index (χ3n) is 1.76. The number of benzene rings is 1. The number of aromatic nitrogens is 1. The first-order valence-corrected chi connectivity index (χ1v) is 3.66. The summed E-state index contributed by atoms with van der Waals surface area (Å²) in [5.74, 6) is 0.883. The van der Waals surface area contributed by atoms with Crippen LogP contribution in [0.2, 0.25) is 0 Å². The van der Waals surface area contributed by atoms with Crippen molar-refractivity contribution in [2.45, 2.75) is 0 Å². The molecule has 1 aromatic carbocycles. The molecular formula is C9H9N2O+. The number of anilines is 1. The fraction of sp³-hybridized carbons (Fsp3) is 0. The number of nitrogens with one attached hydrogen (secondary N) is 1. The average Bonchev–Trinajstić information content (AvgIpc) is 2.05. The second kappa shape index (κ2) is 2.37. The molecule has 0 spiro atoms. The van der Waals surface area contributed by atoms with E-state index in [2.05, 4.69) is 4.98 Å². The summed E-state index contributed by atoms with van der Waals surface area (Å²) in [6.45, 7) is 0. The first kappa shape index (κ1) is 6.91. The molecule has 4 N–H and O–H groups in total. The van der Waals surface area contributed by atoms with Crippen LogP contribution in [0, 0.1) is 0 Å². The largest absolute Gasteiger partial charge is 0.508 e. The van der Waals surface area contributed by atoms with Crippen molar-refractivity contribution < 1.29 is 10.1 Å². The maximum atomic E-state index is 9.15. The summed E-state index contributed by atoms with van der Waals surface area (Å²) in [4.78, 5) is 2.98. The van der Waals surface area contributed by atoms with Gasteiger partial charge in [0.25, 0.3) is 5.82 Å². The van der Waals surface area contributed by atoms with E-state index in [0.717, 1.165) is 10.9 Å². The number of phenols is 1. The van der Waals surface area contributed by atoms with E-state index in [1.807, 2.05) is 6.07 Å². The zero-order valence-electron chi connectivity index (χ0n) is 6.41. The van der Waals surface area contributed by atoms with Gasteiger partial charge in [0, 0.05) is 11.5 Å². The quantitative estimate of drug-likeness (QED) is 0.604. The summed E-state index contributed by atoms with van der Waals surface area (Å²) < 4.78 is 0. The Morgan fingerprint density at radius 2 is 2.00 bits per heavy atom. The lowest BCUT2D eigenvalue weighted by molar-refractivity contribution is -0.326. The van der Waals surface area contributed by atoms with Crippen LogP contribution in [0.25, 0.3) is 10.9 Å². The third-order valence-corrected chi connectivity index (χ3v) is 1.76. The molecule has 0 aliphatic carbocycles. The maximum Gasteiger partial charge on any atom is 0.270 e. The highest BCUT2D eigenvalue weighted by atomic mass is 16.3.